The van der Waals surface area contributed by atoms with Crippen LogP contribution in [-0.2, 0) is 27.6 Å². The van der Waals surface area contributed by atoms with Crippen molar-refractivity contribution in [2.24, 2.45) is 0 Å². The Morgan fingerprint density at radius 1 is 1.35 bits per heavy atom. The normalized spacial score (nSPS) is 12.8. The second-order valence-electron chi connectivity index (χ2n) is 3.20. The molecule has 0 bridgehead atoms. The molecule has 0 aliphatic rings. The lowest BCUT2D eigenvalue weighted by Crippen LogP contribution is -2.15. The SMILES string of the molecule is COCc1cccc(C(F)(F)F)c1S(=O)(=O)O. The maximum absolute atomic E-state index is 12.6. The molecule has 0 spiro atoms. The maximum Gasteiger partial charge on any atom is 0.417 e. The van der Waals surface area contributed by atoms with Gasteiger partial charge in [-0.15, -0.1) is 0 Å². The van der Waals surface area contributed by atoms with Crippen molar-refractivity contribution in [3.8, 4) is 0 Å². The van der Waals surface area contributed by atoms with E-state index < -0.39 is 26.8 Å². The molecule has 0 aromatic heterocycles. The predicted molar refractivity (Wildman–Crippen MR) is 52.0 cm³/mol. The molecule has 17 heavy (non-hydrogen) atoms. The number of benzene rings is 1. The van der Waals surface area contributed by atoms with Gasteiger partial charge in [0, 0.05) is 7.11 Å². The van der Waals surface area contributed by atoms with Crippen LogP contribution in [0.25, 0.3) is 0 Å². The third kappa shape index (κ3) is 3.18. The number of methoxy groups -OCH3 is 1. The lowest BCUT2D eigenvalue weighted by Gasteiger charge is -2.14. The van der Waals surface area contributed by atoms with E-state index in [0.717, 1.165) is 12.1 Å². The molecule has 1 rings (SSSR count). The van der Waals surface area contributed by atoms with E-state index in [1.54, 1.807) is 0 Å². The summed E-state index contributed by atoms with van der Waals surface area (Å²) in [5, 5.41) is 0. The van der Waals surface area contributed by atoms with Gasteiger partial charge in [-0.05, 0) is 11.6 Å². The van der Waals surface area contributed by atoms with Crippen molar-refractivity contribution in [2.45, 2.75) is 17.7 Å². The second kappa shape index (κ2) is 4.63. The number of hydrogen-bond acceptors (Lipinski definition) is 3. The van der Waals surface area contributed by atoms with E-state index in [1.165, 1.54) is 7.11 Å². The van der Waals surface area contributed by atoms with Crippen LogP contribution >= 0.6 is 0 Å². The van der Waals surface area contributed by atoms with Gasteiger partial charge in [-0.25, -0.2) is 0 Å². The molecule has 1 aromatic rings. The number of ether oxygens (including phenoxy) is 1. The topological polar surface area (TPSA) is 63.6 Å². The second-order valence-corrected chi connectivity index (χ2v) is 4.56. The van der Waals surface area contributed by atoms with Crippen LogP contribution in [0.15, 0.2) is 23.1 Å². The Morgan fingerprint density at radius 2 is 1.94 bits per heavy atom. The zero-order valence-electron chi connectivity index (χ0n) is 8.65. The fraction of sp³-hybridized carbons (Fsp3) is 0.333. The highest BCUT2D eigenvalue weighted by Gasteiger charge is 2.38. The van der Waals surface area contributed by atoms with Crippen molar-refractivity contribution in [1.29, 1.82) is 0 Å². The first-order chi connectivity index (χ1) is 7.68. The van der Waals surface area contributed by atoms with Crippen molar-refractivity contribution in [3.05, 3.63) is 29.3 Å². The highest BCUT2D eigenvalue weighted by atomic mass is 32.2. The summed E-state index contributed by atoms with van der Waals surface area (Å²) in [6.45, 7) is -0.348. The van der Waals surface area contributed by atoms with E-state index >= 15 is 0 Å². The minimum Gasteiger partial charge on any atom is -0.380 e. The van der Waals surface area contributed by atoms with Crippen molar-refractivity contribution in [3.63, 3.8) is 0 Å². The summed E-state index contributed by atoms with van der Waals surface area (Å²) in [6.07, 6.45) is -4.87. The molecule has 96 valence electrons. The van der Waals surface area contributed by atoms with Crippen LogP contribution in [0.3, 0.4) is 0 Å². The van der Waals surface area contributed by atoms with Crippen LogP contribution in [0.4, 0.5) is 13.2 Å². The molecule has 0 atom stereocenters. The minimum absolute atomic E-state index is 0.246. The van der Waals surface area contributed by atoms with Gasteiger partial charge in [-0.1, -0.05) is 12.1 Å². The van der Waals surface area contributed by atoms with Crippen LogP contribution in [0.1, 0.15) is 11.1 Å². The molecule has 0 aliphatic carbocycles. The quantitative estimate of drug-likeness (QED) is 0.854. The van der Waals surface area contributed by atoms with E-state index in [4.69, 9.17) is 4.55 Å². The van der Waals surface area contributed by atoms with Gasteiger partial charge >= 0.3 is 6.18 Å². The summed E-state index contributed by atoms with van der Waals surface area (Å²) in [7, 11) is -3.77. The van der Waals surface area contributed by atoms with Gasteiger partial charge in [0.15, 0.2) is 0 Å². The first kappa shape index (κ1) is 13.9. The predicted octanol–water partition coefficient (Wildman–Crippen LogP) is 2.10. The Kier molecular flexibility index (Phi) is 3.80. The van der Waals surface area contributed by atoms with Crippen LogP contribution in [0.5, 0.6) is 0 Å². The average Bonchev–Trinajstić information content (AvgIpc) is 2.14. The molecule has 1 N–H and O–H groups in total. The third-order valence-electron chi connectivity index (χ3n) is 1.96. The minimum atomic E-state index is -4.97. The molecule has 0 fully saturated rings. The summed E-state index contributed by atoms with van der Waals surface area (Å²) in [5.74, 6) is 0. The summed E-state index contributed by atoms with van der Waals surface area (Å²) >= 11 is 0. The van der Waals surface area contributed by atoms with Crippen LogP contribution in [-0.4, -0.2) is 20.1 Å². The average molecular weight is 270 g/mol. The van der Waals surface area contributed by atoms with Gasteiger partial charge in [-0.2, -0.15) is 21.6 Å². The standard InChI is InChI=1S/C9H9F3O4S/c1-16-5-6-3-2-4-7(9(10,11)12)8(6)17(13,14)15/h2-4H,5H2,1H3,(H,13,14,15). The van der Waals surface area contributed by atoms with Crippen molar-refractivity contribution < 1.29 is 30.9 Å². The Labute approximate surface area is 95.8 Å². The Hall–Kier alpha value is -1.12. The lowest BCUT2D eigenvalue weighted by molar-refractivity contribution is -0.140. The summed E-state index contributed by atoms with van der Waals surface area (Å²) in [4.78, 5) is -1.16. The van der Waals surface area contributed by atoms with Crippen molar-refractivity contribution >= 4 is 10.1 Å². The molecule has 0 aliphatic heterocycles. The Balaban J connectivity index is 3.58. The summed E-state index contributed by atoms with van der Waals surface area (Å²) < 4.78 is 73.2. The van der Waals surface area contributed by atoms with E-state index in [1.807, 2.05) is 0 Å². The fourth-order valence-corrected chi connectivity index (χ4v) is 2.30. The first-order valence-corrected chi connectivity index (χ1v) is 5.77. The van der Waals surface area contributed by atoms with E-state index in [0.29, 0.717) is 6.07 Å². The summed E-state index contributed by atoms with van der Waals surface area (Å²) in [5.41, 5.74) is -1.65. The lowest BCUT2D eigenvalue weighted by atomic mass is 10.1. The van der Waals surface area contributed by atoms with Crippen LogP contribution in [0.2, 0.25) is 0 Å². The van der Waals surface area contributed by atoms with E-state index in [2.05, 4.69) is 4.74 Å². The van der Waals surface area contributed by atoms with Gasteiger partial charge in [0.05, 0.1) is 12.2 Å². The number of hydrogen-bond donors (Lipinski definition) is 1. The van der Waals surface area contributed by atoms with Gasteiger partial charge in [-0.3, -0.25) is 4.55 Å². The van der Waals surface area contributed by atoms with Gasteiger partial charge in [0.1, 0.15) is 4.90 Å². The molecule has 0 amide bonds. The summed E-state index contributed by atoms with van der Waals surface area (Å²) in [6, 6.07) is 2.77. The van der Waals surface area contributed by atoms with Gasteiger partial charge in [0.25, 0.3) is 10.1 Å². The molecular formula is C9H9F3O4S. The Morgan fingerprint density at radius 3 is 2.35 bits per heavy atom. The molecule has 1 aromatic carbocycles. The largest absolute Gasteiger partial charge is 0.417 e. The molecule has 0 saturated carbocycles. The fourth-order valence-electron chi connectivity index (χ4n) is 1.38. The number of halogens is 3. The van der Waals surface area contributed by atoms with Gasteiger partial charge < -0.3 is 4.74 Å². The van der Waals surface area contributed by atoms with Gasteiger partial charge in [0.2, 0.25) is 0 Å². The highest BCUT2D eigenvalue weighted by molar-refractivity contribution is 7.86. The third-order valence-corrected chi connectivity index (χ3v) is 2.96. The number of alkyl halides is 3. The zero-order chi connectivity index (χ0) is 13.3. The molecule has 0 heterocycles. The molecule has 0 radical (unpaired) electrons. The smallest absolute Gasteiger partial charge is 0.380 e. The molecule has 8 heteroatoms. The van der Waals surface area contributed by atoms with Crippen LogP contribution in [0, 0.1) is 0 Å². The molecule has 0 unspecified atom stereocenters. The first-order valence-electron chi connectivity index (χ1n) is 4.33. The number of rotatable bonds is 3. The maximum atomic E-state index is 12.6. The molecular weight excluding hydrogens is 261 g/mol. The molecule has 4 nitrogen and oxygen atoms in total. The Bertz CT molecular complexity index is 507. The van der Waals surface area contributed by atoms with Crippen LogP contribution < -0.4 is 0 Å². The highest BCUT2D eigenvalue weighted by Crippen LogP contribution is 2.35. The zero-order valence-corrected chi connectivity index (χ0v) is 9.47. The van der Waals surface area contributed by atoms with Crippen molar-refractivity contribution in [1.82, 2.24) is 0 Å². The molecule has 0 saturated heterocycles. The van der Waals surface area contributed by atoms with Crippen molar-refractivity contribution in [2.75, 3.05) is 7.11 Å². The van der Waals surface area contributed by atoms with E-state index in [-0.39, 0.29) is 12.2 Å². The van der Waals surface area contributed by atoms with E-state index in [9.17, 15) is 21.6 Å². The monoisotopic (exact) mass is 270 g/mol.